The highest BCUT2D eigenvalue weighted by Gasteiger charge is 2.28. The van der Waals surface area contributed by atoms with Crippen molar-refractivity contribution < 1.29 is 4.79 Å². The SMILES string of the molecule is CSC1CCCCC1NC(=O)[C@H]1CCCNC1. The standard InChI is InChI=1S/C13H24N2OS/c1-17-12-7-3-2-6-11(12)15-13(16)10-5-4-8-14-9-10/h10-12,14H,2-9H2,1H3,(H,15,16)/t10-,11?,12?/m0/s1. The maximum absolute atomic E-state index is 12.2. The Labute approximate surface area is 108 Å². The molecule has 2 unspecified atom stereocenters. The number of thioether (sulfide) groups is 1. The average molecular weight is 256 g/mol. The highest BCUT2D eigenvalue weighted by atomic mass is 32.2. The molecule has 3 nitrogen and oxygen atoms in total. The summed E-state index contributed by atoms with van der Waals surface area (Å²) in [5.41, 5.74) is 0. The monoisotopic (exact) mass is 256 g/mol. The first-order valence-corrected chi connectivity index (χ1v) is 8.14. The van der Waals surface area contributed by atoms with Gasteiger partial charge in [-0.2, -0.15) is 11.8 Å². The lowest BCUT2D eigenvalue weighted by Crippen LogP contribution is -2.48. The lowest BCUT2D eigenvalue weighted by molar-refractivity contribution is -0.126. The first-order chi connectivity index (χ1) is 8.31. The Morgan fingerprint density at radius 2 is 2.06 bits per heavy atom. The molecule has 17 heavy (non-hydrogen) atoms. The van der Waals surface area contributed by atoms with E-state index >= 15 is 0 Å². The molecule has 0 bridgehead atoms. The average Bonchev–Trinajstić information content (AvgIpc) is 2.40. The molecule has 0 spiro atoms. The molecule has 0 aromatic heterocycles. The van der Waals surface area contributed by atoms with Gasteiger partial charge in [0.05, 0.1) is 5.92 Å². The lowest BCUT2D eigenvalue weighted by atomic mass is 9.93. The molecule has 2 rings (SSSR count). The Bertz CT molecular complexity index is 254. The van der Waals surface area contributed by atoms with Crippen LogP contribution in [-0.2, 0) is 4.79 Å². The molecule has 1 saturated carbocycles. The molecule has 2 aliphatic rings. The van der Waals surface area contributed by atoms with E-state index in [0.717, 1.165) is 32.4 Å². The van der Waals surface area contributed by atoms with Crippen molar-refractivity contribution >= 4 is 17.7 Å². The molecular formula is C13H24N2OS. The largest absolute Gasteiger partial charge is 0.352 e. The van der Waals surface area contributed by atoms with Gasteiger partial charge in [-0.25, -0.2) is 0 Å². The van der Waals surface area contributed by atoms with Crippen LogP contribution < -0.4 is 10.6 Å². The fourth-order valence-electron chi connectivity index (χ4n) is 2.92. The van der Waals surface area contributed by atoms with Crippen molar-refractivity contribution in [2.24, 2.45) is 5.92 Å². The van der Waals surface area contributed by atoms with Crippen molar-refractivity contribution in [2.75, 3.05) is 19.3 Å². The van der Waals surface area contributed by atoms with E-state index in [-0.39, 0.29) is 11.8 Å². The molecule has 1 aliphatic heterocycles. The van der Waals surface area contributed by atoms with Crippen LogP contribution in [0.5, 0.6) is 0 Å². The number of rotatable bonds is 3. The van der Waals surface area contributed by atoms with E-state index in [0.29, 0.717) is 11.3 Å². The van der Waals surface area contributed by atoms with E-state index < -0.39 is 0 Å². The van der Waals surface area contributed by atoms with Crippen LogP contribution in [0.4, 0.5) is 0 Å². The van der Waals surface area contributed by atoms with Crippen molar-refractivity contribution in [3.05, 3.63) is 0 Å². The summed E-state index contributed by atoms with van der Waals surface area (Å²) < 4.78 is 0. The summed E-state index contributed by atoms with van der Waals surface area (Å²) in [7, 11) is 0. The Balaban J connectivity index is 1.83. The van der Waals surface area contributed by atoms with E-state index in [1.807, 2.05) is 11.8 Å². The second-order valence-electron chi connectivity index (χ2n) is 5.22. The molecule has 3 atom stereocenters. The molecule has 0 aromatic rings. The van der Waals surface area contributed by atoms with Gasteiger partial charge >= 0.3 is 0 Å². The predicted octanol–water partition coefficient (Wildman–Crippen LogP) is 1.78. The van der Waals surface area contributed by atoms with E-state index in [1.165, 1.54) is 19.3 Å². The van der Waals surface area contributed by atoms with E-state index in [9.17, 15) is 4.79 Å². The zero-order valence-corrected chi connectivity index (χ0v) is 11.5. The normalized spacial score (nSPS) is 34.3. The summed E-state index contributed by atoms with van der Waals surface area (Å²) in [5.74, 6) is 0.483. The summed E-state index contributed by atoms with van der Waals surface area (Å²) in [4.78, 5) is 12.2. The molecule has 1 amide bonds. The van der Waals surface area contributed by atoms with Crippen molar-refractivity contribution in [1.82, 2.24) is 10.6 Å². The fourth-order valence-corrected chi connectivity index (χ4v) is 3.86. The van der Waals surface area contributed by atoms with Gasteiger partial charge in [0.2, 0.25) is 5.91 Å². The zero-order valence-electron chi connectivity index (χ0n) is 10.7. The molecule has 0 aromatic carbocycles. The Kier molecular flexibility index (Phi) is 5.16. The highest BCUT2D eigenvalue weighted by molar-refractivity contribution is 7.99. The van der Waals surface area contributed by atoms with E-state index in [2.05, 4.69) is 16.9 Å². The van der Waals surface area contributed by atoms with Crippen LogP contribution in [0.25, 0.3) is 0 Å². The predicted molar refractivity (Wildman–Crippen MR) is 73.3 cm³/mol. The number of nitrogens with one attached hydrogen (secondary N) is 2. The van der Waals surface area contributed by atoms with Gasteiger partial charge in [0.1, 0.15) is 0 Å². The van der Waals surface area contributed by atoms with E-state index in [4.69, 9.17) is 0 Å². The number of piperidine rings is 1. The topological polar surface area (TPSA) is 41.1 Å². The minimum absolute atomic E-state index is 0.202. The summed E-state index contributed by atoms with van der Waals surface area (Å²) in [6, 6.07) is 0.410. The quantitative estimate of drug-likeness (QED) is 0.809. The summed E-state index contributed by atoms with van der Waals surface area (Å²) in [5, 5.41) is 7.23. The van der Waals surface area contributed by atoms with E-state index in [1.54, 1.807) is 0 Å². The third-order valence-corrected chi connectivity index (χ3v) is 5.17. The zero-order chi connectivity index (χ0) is 12.1. The van der Waals surface area contributed by atoms with Crippen LogP contribution >= 0.6 is 11.8 Å². The second-order valence-corrected chi connectivity index (χ2v) is 6.29. The molecule has 4 heteroatoms. The number of hydrogen-bond donors (Lipinski definition) is 2. The number of carbonyl (C=O) groups excluding carboxylic acids is 1. The van der Waals surface area contributed by atoms with Crippen molar-refractivity contribution in [1.29, 1.82) is 0 Å². The van der Waals surface area contributed by atoms with Gasteiger partial charge in [-0.3, -0.25) is 4.79 Å². The summed E-state index contributed by atoms with van der Waals surface area (Å²) in [6.07, 6.45) is 9.36. The van der Waals surface area contributed by atoms with Crippen LogP contribution in [0.2, 0.25) is 0 Å². The van der Waals surface area contributed by atoms with Crippen LogP contribution in [0.1, 0.15) is 38.5 Å². The lowest BCUT2D eigenvalue weighted by Gasteiger charge is -2.33. The van der Waals surface area contributed by atoms with Gasteiger partial charge in [0, 0.05) is 17.8 Å². The number of carbonyl (C=O) groups is 1. The van der Waals surface area contributed by atoms with Gasteiger partial charge in [0.15, 0.2) is 0 Å². The van der Waals surface area contributed by atoms with Gasteiger partial charge in [-0.05, 0) is 38.5 Å². The van der Waals surface area contributed by atoms with Crippen molar-refractivity contribution in [3.63, 3.8) is 0 Å². The van der Waals surface area contributed by atoms with Crippen LogP contribution in [-0.4, -0.2) is 36.5 Å². The van der Waals surface area contributed by atoms with Crippen LogP contribution in [0.3, 0.4) is 0 Å². The van der Waals surface area contributed by atoms with Crippen molar-refractivity contribution in [2.45, 2.75) is 49.8 Å². The Hall–Kier alpha value is -0.220. The summed E-state index contributed by atoms with van der Waals surface area (Å²) >= 11 is 1.91. The maximum Gasteiger partial charge on any atom is 0.224 e. The fraction of sp³-hybridized carbons (Fsp3) is 0.923. The second kappa shape index (κ2) is 6.64. The first-order valence-electron chi connectivity index (χ1n) is 6.85. The van der Waals surface area contributed by atoms with Gasteiger partial charge in [-0.15, -0.1) is 0 Å². The molecule has 0 radical (unpaired) electrons. The maximum atomic E-state index is 12.2. The van der Waals surface area contributed by atoms with Crippen molar-refractivity contribution in [3.8, 4) is 0 Å². The van der Waals surface area contributed by atoms with Crippen LogP contribution in [0, 0.1) is 5.92 Å². The summed E-state index contributed by atoms with van der Waals surface area (Å²) in [6.45, 7) is 1.93. The molecule has 98 valence electrons. The molecule has 1 heterocycles. The molecular weight excluding hydrogens is 232 g/mol. The highest BCUT2D eigenvalue weighted by Crippen LogP contribution is 2.27. The number of hydrogen-bond acceptors (Lipinski definition) is 3. The van der Waals surface area contributed by atoms with Gasteiger partial charge in [0.25, 0.3) is 0 Å². The minimum atomic E-state index is 0.202. The van der Waals surface area contributed by atoms with Crippen LogP contribution in [0.15, 0.2) is 0 Å². The molecule has 2 N–H and O–H groups in total. The Morgan fingerprint density at radius 3 is 2.76 bits per heavy atom. The molecule has 1 aliphatic carbocycles. The van der Waals surface area contributed by atoms with Gasteiger partial charge < -0.3 is 10.6 Å². The first kappa shape index (κ1) is 13.2. The third kappa shape index (κ3) is 3.62. The van der Waals surface area contributed by atoms with Gasteiger partial charge in [-0.1, -0.05) is 12.8 Å². The molecule has 1 saturated heterocycles. The molecule has 2 fully saturated rings. The minimum Gasteiger partial charge on any atom is -0.352 e. The Morgan fingerprint density at radius 1 is 1.24 bits per heavy atom. The number of amides is 1. The third-order valence-electron chi connectivity index (χ3n) is 4.00. The smallest absolute Gasteiger partial charge is 0.224 e.